The molecule has 122 valence electrons. The van der Waals surface area contributed by atoms with Crippen LogP contribution in [0.25, 0.3) is 0 Å². The van der Waals surface area contributed by atoms with Crippen molar-refractivity contribution in [2.75, 3.05) is 33.9 Å². The number of hydrogen-bond acceptors (Lipinski definition) is 6. The van der Waals surface area contributed by atoms with Crippen LogP contribution in [0.4, 0.5) is 0 Å². The van der Waals surface area contributed by atoms with E-state index in [9.17, 15) is 9.90 Å². The molecule has 1 N–H and O–H groups in total. The molecule has 0 spiro atoms. The van der Waals surface area contributed by atoms with Gasteiger partial charge in [-0.15, -0.1) is 0 Å². The number of aliphatic hydroxyl groups excluding tert-OH is 1. The van der Waals surface area contributed by atoms with Crippen molar-refractivity contribution in [3.8, 4) is 0 Å². The van der Waals surface area contributed by atoms with E-state index in [1.54, 1.807) is 7.11 Å². The maximum Gasteiger partial charge on any atom is 0.323 e. The quantitative estimate of drug-likeness (QED) is 0.769. The van der Waals surface area contributed by atoms with Gasteiger partial charge in [-0.3, -0.25) is 9.69 Å². The molecule has 1 aromatic rings. The minimum atomic E-state index is -0.464. The lowest BCUT2D eigenvalue weighted by molar-refractivity contribution is -0.213. The van der Waals surface area contributed by atoms with Crippen molar-refractivity contribution < 1.29 is 24.1 Å². The van der Waals surface area contributed by atoms with Crippen molar-refractivity contribution in [1.82, 2.24) is 4.90 Å². The number of aliphatic hydroxyl groups is 1. The smallest absolute Gasteiger partial charge is 0.323 e. The number of carbonyl (C=O) groups excluding carboxylic acids is 1. The lowest BCUT2D eigenvalue weighted by Gasteiger charge is -2.39. The summed E-state index contributed by atoms with van der Waals surface area (Å²) >= 11 is 0. The van der Waals surface area contributed by atoms with E-state index in [4.69, 9.17) is 14.2 Å². The van der Waals surface area contributed by atoms with Gasteiger partial charge in [0.15, 0.2) is 6.29 Å². The van der Waals surface area contributed by atoms with E-state index in [0.29, 0.717) is 19.5 Å². The van der Waals surface area contributed by atoms with Crippen molar-refractivity contribution in [2.24, 2.45) is 0 Å². The van der Waals surface area contributed by atoms with Crippen molar-refractivity contribution in [3.63, 3.8) is 0 Å². The topological polar surface area (TPSA) is 68.2 Å². The SMILES string of the molecule is COC(=O)C(Cc1ccccc1)N1C[C@@H](CO)O[C@H](OC)C1. The Balaban J connectivity index is 2.15. The molecule has 0 bridgehead atoms. The number of ether oxygens (including phenoxy) is 3. The van der Waals surface area contributed by atoms with Crippen LogP contribution in [0.15, 0.2) is 30.3 Å². The van der Waals surface area contributed by atoms with Gasteiger partial charge in [-0.05, 0) is 12.0 Å². The second-order valence-electron chi connectivity index (χ2n) is 5.29. The average Bonchev–Trinajstić information content (AvgIpc) is 2.59. The minimum Gasteiger partial charge on any atom is -0.468 e. The average molecular weight is 309 g/mol. The predicted octanol–water partition coefficient (Wildman–Crippen LogP) is 0.436. The summed E-state index contributed by atoms with van der Waals surface area (Å²) < 4.78 is 15.8. The molecule has 6 nitrogen and oxygen atoms in total. The molecule has 0 aromatic heterocycles. The van der Waals surface area contributed by atoms with Gasteiger partial charge in [-0.2, -0.15) is 0 Å². The summed E-state index contributed by atoms with van der Waals surface area (Å²) in [6.07, 6.45) is -0.294. The third kappa shape index (κ3) is 4.27. The van der Waals surface area contributed by atoms with Crippen molar-refractivity contribution in [1.29, 1.82) is 0 Å². The normalized spacial score (nSPS) is 24.0. The molecule has 2 rings (SSSR count). The first kappa shape index (κ1) is 16.9. The molecule has 1 fully saturated rings. The molecule has 0 radical (unpaired) electrons. The minimum absolute atomic E-state index is 0.115. The fourth-order valence-corrected chi connectivity index (χ4v) is 2.65. The molecule has 1 saturated heterocycles. The van der Waals surface area contributed by atoms with Crippen LogP contribution in [0.3, 0.4) is 0 Å². The number of esters is 1. The number of methoxy groups -OCH3 is 2. The first-order valence-electron chi connectivity index (χ1n) is 7.32. The molecule has 0 amide bonds. The van der Waals surface area contributed by atoms with Gasteiger partial charge in [0.25, 0.3) is 0 Å². The third-order valence-corrected chi connectivity index (χ3v) is 3.82. The molecule has 1 unspecified atom stereocenters. The first-order valence-corrected chi connectivity index (χ1v) is 7.32. The van der Waals surface area contributed by atoms with E-state index >= 15 is 0 Å². The van der Waals surface area contributed by atoms with Gasteiger partial charge in [0.1, 0.15) is 6.04 Å². The zero-order valence-electron chi connectivity index (χ0n) is 13.0. The summed E-state index contributed by atoms with van der Waals surface area (Å²) in [6, 6.07) is 9.35. The molecule has 1 aliphatic heterocycles. The van der Waals surface area contributed by atoms with Crippen molar-refractivity contribution in [2.45, 2.75) is 24.9 Å². The highest BCUT2D eigenvalue weighted by Gasteiger charge is 2.35. The van der Waals surface area contributed by atoms with Crippen molar-refractivity contribution in [3.05, 3.63) is 35.9 Å². The van der Waals surface area contributed by atoms with Gasteiger partial charge >= 0.3 is 5.97 Å². The fourth-order valence-electron chi connectivity index (χ4n) is 2.65. The summed E-state index contributed by atoms with van der Waals surface area (Å²) in [5.41, 5.74) is 1.05. The standard InChI is InChI=1S/C16H23NO5/c1-20-15-10-17(9-13(11-18)22-15)14(16(19)21-2)8-12-6-4-3-5-7-12/h3-7,13-15,18H,8-11H2,1-2H3/t13-,14?,15-/m0/s1. The largest absolute Gasteiger partial charge is 0.468 e. The molecule has 0 saturated carbocycles. The maximum atomic E-state index is 12.2. The molecule has 1 heterocycles. The summed E-state index contributed by atoms with van der Waals surface area (Å²) in [6.45, 7) is 0.804. The number of rotatable bonds is 6. The fraction of sp³-hybridized carbons (Fsp3) is 0.562. The van der Waals surface area contributed by atoms with E-state index < -0.39 is 12.3 Å². The Kier molecular flexibility index (Phi) is 6.33. The van der Waals surface area contributed by atoms with Crippen LogP contribution >= 0.6 is 0 Å². The van der Waals surface area contributed by atoms with Gasteiger partial charge < -0.3 is 19.3 Å². The highest BCUT2D eigenvalue weighted by Crippen LogP contribution is 2.18. The summed E-state index contributed by atoms with van der Waals surface area (Å²) in [5.74, 6) is -0.294. The monoisotopic (exact) mass is 309 g/mol. The van der Waals surface area contributed by atoms with Gasteiger partial charge in [-0.25, -0.2) is 0 Å². The molecular weight excluding hydrogens is 286 g/mol. The van der Waals surface area contributed by atoms with Crippen molar-refractivity contribution >= 4 is 5.97 Å². The number of nitrogens with zero attached hydrogens (tertiary/aromatic N) is 1. The lowest BCUT2D eigenvalue weighted by atomic mass is 10.0. The third-order valence-electron chi connectivity index (χ3n) is 3.82. The summed E-state index contributed by atoms with van der Waals surface area (Å²) in [5, 5.41) is 9.37. The molecular formula is C16H23NO5. The second kappa shape index (κ2) is 8.24. The zero-order chi connectivity index (χ0) is 15.9. The second-order valence-corrected chi connectivity index (χ2v) is 5.29. The van der Waals surface area contributed by atoms with Crippen LogP contribution < -0.4 is 0 Å². The molecule has 0 aliphatic carbocycles. The molecule has 6 heteroatoms. The van der Waals surface area contributed by atoms with E-state index in [0.717, 1.165) is 5.56 Å². The molecule has 1 aromatic carbocycles. The van der Waals surface area contributed by atoms with Crippen LogP contribution in [0, 0.1) is 0 Å². The Labute approximate surface area is 130 Å². The van der Waals surface area contributed by atoms with Crippen LogP contribution in [-0.2, 0) is 25.4 Å². The van der Waals surface area contributed by atoms with Gasteiger partial charge in [-0.1, -0.05) is 30.3 Å². The van der Waals surface area contributed by atoms with E-state index in [2.05, 4.69) is 0 Å². The first-order chi connectivity index (χ1) is 10.7. The summed E-state index contributed by atoms with van der Waals surface area (Å²) in [4.78, 5) is 14.2. The zero-order valence-corrected chi connectivity index (χ0v) is 13.0. The Morgan fingerprint density at radius 1 is 1.36 bits per heavy atom. The maximum absolute atomic E-state index is 12.2. The van der Waals surface area contributed by atoms with Gasteiger partial charge in [0.2, 0.25) is 0 Å². The van der Waals surface area contributed by atoms with Gasteiger partial charge in [0, 0.05) is 13.7 Å². The predicted molar refractivity (Wildman–Crippen MR) is 80.3 cm³/mol. The van der Waals surface area contributed by atoms with E-state index in [1.807, 2.05) is 35.2 Å². The summed E-state index contributed by atoms with van der Waals surface area (Å²) in [7, 11) is 2.94. The van der Waals surface area contributed by atoms with E-state index in [1.165, 1.54) is 7.11 Å². The van der Waals surface area contributed by atoms with Crippen LogP contribution in [0.1, 0.15) is 5.56 Å². The highest BCUT2D eigenvalue weighted by atomic mass is 16.7. The number of carbonyl (C=O) groups is 1. The molecule has 22 heavy (non-hydrogen) atoms. The Hall–Kier alpha value is -1.47. The number of hydrogen-bond donors (Lipinski definition) is 1. The number of morpholine rings is 1. The van der Waals surface area contributed by atoms with Gasteiger partial charge in [0.05, 0.1) is 26.4 Å². The van der Waals surface area contributed by atoms with Crippen LogP contribution in [-0.4, -0.2) is 68.3 Å². The van der Waals surface area contributed by atoms with E-state index in [-0.39, 0.29) is 18.7 Å². The molecule has 3 atom stereocenters. The Bertz CT molecular complexity index is 455. The lowest BCUT2D eigenvalue weighted by Crippen LogP contribution is -2.56. The molecule has 1 aliphatic rings. The Morgan fingerprint density at radius 3 is 2.68 bits per heavy atom. The number of benzene rings is 1. The Morgan fingerprint density at radius 2 is 2.09 bits per heavy atom. The van der Waals surface area contributed by atoms with Crippen LogP contribution in [0.2, 0.25) is 0 Å². The highest BCUT2D eigenvalue weighted by molar-refractivity contribution is 5.76. The van der Waals surface area contributed by atoms with Crippen LogP contribution in [0.5, 0.6) is 0 Å².